The van der Waals surface area contributed by atoms with Crippen molar-refractivity contribution in [2.45, 2.75) is 31.0 Å². The van der Waals surface area contributed by atoms with Gasteiger partial charge < -0.3 is 62.3 Å². The van der Waals surface area contributed by atoms with Crippen LogP contribution in [-0.4, -0.2) is 111 Å². The number of aliphatic hydroxyl groups excluding tert-OH is 1. The van der Waals surface area contributed by atoms with Gasteiger partial charge >= 0.3 is 0 Å². The zero-order valence-electron chi connectivity index (χ0n) is 26.3. The second kappa shape index (κ2) is 18.2. The van der Waals surface area contributed by atoms with Crippen molar-refractivity contribution < 1.29 is 49.7 Å². The van der Waals surface area contributed by atoms with E-state index in [1.807, 2.05) is 0 Å². The number of phenols is 6. The molecule has 0 bridgehead atoms. The highest BCUT2D eigenvalue weighted by Gasteiger charge is 2.19. The Labute approximate surface area is 266 Å². The first-order valence-electron chi connectivity index (χ1n) is 13.9. The van der Waals surface area contributed by atoms with E-state index < -0.39 is 29.5 Å². The quantitative estimate of drug-likeness (QED) is 0.143. The van der Waals surface area contributed by atoms with Gasteiger partial charge in [-0.25, -0.2) is 4.39 Å². The van der Waals surface area contributed by atoms with Gasteiger partial charge in [0.1, 0.15) is 5.82 Å². The summed E-state index contributed by atoms with van der Waals surface area (Å²) in [6.07, 6.45) is -0.391. The van der Waals surface area contributed by atoms with Crippen molar-refractivity contribution in [2.24, 2.45) is 11.5 Å². The molecule has 0 radical (unpaired) electrons. The fourth-order valence-corrected chi connectivity index (χ4v) is 3.87. The van der Waals surface area contributed by atoms with Crippen molar-refractivity contribution in [1.29, 1.82) is 0 Å². The smallest absolute Gasteiger partial charge is 0.239 e. The normalized spacial score (nSPS) is 12.4. The van der Waals surface area contributed by atoms with Crippen LogP contribution in [0.1, 0.15) is 22.8 Å². The molecular weight excluding hydrogens is 605 g/mol. The van der Waals surface area contributed by atoms with Gasteiger partial charge in [-0.05, 0) is 61.3 Å². The summed E-state index contributed by atoms with van der Waals surface area (Å²) in [5.74, 6) is -2.77. The van der Waals surface area contributed by atoms with Crippen LogP contribution < -0.4 is 16.8 Å². The average molecular weight is 650 g/mol. The van der Waals surface area contributed by atoms with Gasteiger partial charge in [0.2, 0.25) is 11.8 Å². The number of hydrogen-bond donors (Lipinski definition) is 10. The molecular formula is C31H44FN5O9. The van der Waals surface area contributed by atoms with E-state index in [9.17, 15) is 29.3 Å². The lowest BCUT2D eigenvalue weighted by Gasteiger charge is -2.20. The molecule has 0 aliphatic rings. The Balaban J connectivity index is 0.000000348. The Bertz CT molecular complexity index is 1460. The fraction of sp³-hybridized carbons (Fsp3) is 0.355. The number of nitrogens with one attached hydrogen (secondary N) is 1. The molecule has 3 atom stereocenters. The Kier molecular flexibility index (Phi) is 15.5. The van der Waals surface area contributed by atoms with Crippen molar-refractivity contribution in [3.05, 3.63) is 71.0 Å². The molecule has 0 saturated carbocycles. The molecule has 14 nitrogen and oxygen atoms in total. The van der Waals surface area contributed by atoms with Crippen LogP contribution >= 0.6 is 0 Å². The van der Waals surface area contributed by atoms with Crippen molar-refractivity contribution in [2.75, 3.05) is 41.8 Å². The molecule has 12 N–H and O–H groups in total. The van der Waals surface area contributed by atoms with Crippen LogP contribution in [-0.2, 0) is 22.4 Å². The molecule has 0 fully saturated rings. The molecule has 0 aliphatic carbocycles. The van der Waals surface area contributed by atoms with Crippen molar-refractivity contribution in [1.82, 2.24) is 15.1 Å². The summed E-state index contributed by atoms with van der Waals surface area (Å²) in [6, 6.07) is 9.65. The summed E-state index contributed by atoms with van der Waals surface area (Å²) < 4.78 is 13.0. The summed E-state index contributed by atoms with van der Waals surface area (Å²) in [5.41, 5.74) is 12.2. The third-order valence-electron chi connectivity index (χ3n) is 6.50. The maximum Gasteiger partial charge on any atom is 0.239 e. The van der Waals surface area contributed by atoms with E-state index in [1.165, 1.54) is 34.1 Å². The highest BCUT2D eigenvalue weighted by Crippen LogP contribution is 2.30. The van der Waals surface area contributed by atoms with Crippen LogP contribution in [0.4, 0.5) is 4.39 Å². The number of phenolic OH excluding ortho intramolecular Hbond substituents is 6. The molecule has 3 rings (SSSR count). The second-order valence-corrected chi connectivity index (χ2v) is 10.6. The number of aromatic hydroxyl groups is 6. The van der Waals surface area contributed by atoms with E-state index >= 15 is 0 Å². The fourth-order valence-electron chi connectivity index (χ4n) is 3.87. The van der Waals surface area contributed by atoms with Crippen molar-refractivity contribution >= 4 is 11.8 Å². The molecule has 15 heteroatoms. The number of nitrogens with two attached hydrogens (primary N) is 2. The molecule has 254 valence electrons. The van der Waals surface area contributed by atoms with Crippen molar-refractivity contribution in [3.63, 3.8) is 0 Å². The van der Waals surface area contributed by atoms with Gasteiger partial charge in [0.25, 0.3) is 0 Å². The summed E-state index contributed by atoms with van der Waals surface area (Å²) in [6.45, 7) is -0.152. The molecule has 0 spiro atoms. The zero-order valence-corrected chi connectivity index (χ0v) is 26.3. The van der Waals surface area contributed by atoms with Crippen LogP contribution in [0.5, 0.6) is 34.5 Å². The average Bonchev–Trinajstić information content (AvgIpc) is 3.00. The van der Waals surface area contributed by atoms with Gasteiger partial charge in [-0.1, -0.05) is 12.1 Å². The minimum Gasteiger partial charge on any atom is -0.504 e. The summed E-state index contributed by atoms with van der Waals surface area (Å²) >= 11 is 0. The topological polar surface area (TPSA) is 246 Å². The molecule has 0 saturated heterocycles. The minimum atomic E-state index is -1.17. The molecule has 3 aromatic rings. The summed E-state index contributed by atoms with van der Waals surface area (Å²) in [4.78, 5) is 26.2. The van der Waals surface area contributed by atoms with E-state index in [1.54, 1.807) is 47.4 Å². The lowest BCUT2D eigenvalue weighted by atomic mass is 10.0. The van der Waals surface area contributed by atoms with Crippen LogP contribution in [0.2, 0.25) is 0 Å². The Morgan fingerprint density at radius 2 is 1.17 bits per heavy atom. The maximum absolute atomic E-state index is 13.0. The number of carbonyl (C=O) groups is 2. The van der Waals surface area contributed by atoms with Gasteiger partial charge in [-0.3, -0.25) is 9.59 Å². The minimum absolute atomic E-state index is 0.0277. The first kappa shape index (κ1) is 39.2. The lowest BCUT2D eigenvalue weighted by Crippen LogP contribution is -2.43. The number of hydrogen-bond acceptors (Lipinski definition) is 12. The third kappa shape index (κ3) is 11.9. The number of likely N-dealkylation sites (N-methyl/N-ethyl adjacent to an activating group) is 3. The SMILES string of the molecule is CN(C)C(=O)[C@H](N)Cc1ccc(O)c(O)c1.CN[C@H](Cc1ccc(O)c(O)c1)C(=O)N(C)C.NCC(O)c1cc(O)c(O)cc1F. The van der Waals surface area contributed by atoms with Crippen LogP contribution in [0.25, 0.3) is 0 Å². The first-order valence-corrected chi connectivity index (χ1v) is 13.9. The molecule has 3 aromatic carbocycles. The van der Waals surface area contributed by atoms with Gasteiger partial charge in [0.05, 0.1) is 18.2 Å². The van der Waals surface area contributed by atoms with E-state index in [4.69, 9.17) is 31.9 Å². The third-order valence-corrected chi connectivity index (χ3v) is 6.50. The Hall–Kier alpha value is -4.83. The molecule has 2 amide bonds. The van der Waals surface area contributed by atoms with Crippen LogP contribution in [0, 0.1) is 5.82 Å². The van der Waals surface area contributed by atoms with E-state index in [0.717, 1.165) is 17.7 Å². The van der Waals surface area contributed by atoms with E-state index in [-0.39, 0.29) is 53.0 Å². The van der Waals surface area contributed by atoms with E-state index in [2.05, 4.69) is 5.32 Å². The van der Waals surface area contributed by atoms with Crippen LogP contribution in [0.15, 0.2) is 48.5 Å². The number of nitrogens with zero attached hydrogens (tertiary/aromatic N) is 2. The standard InChI is InChI=1S/C12H18N2O3.C11H16N2O3.C8H10FNO3/c1-13-9(12(17)14(2)3)6-8-4-5-10(15)11(16)7-8;1-13(2)11(16)8(12)5-7-3-4-9(14)10(15)6-7;9-5-2-7(12)6(11)1-4(5)8(13)3-10/h4-5,7,9,13,15-16H,6H2,1-3H3;3-4,6,8,14-15H,5,12H2,1-2H3;1-2,8,11-13H,3,10H2/t9-;8-;/m11./s1. The Morgan fingerprint density at radius 1 is 0.739 bits per heavy atom. The van der Waals surface area contributed by atoms with Gasteiger partial charge in [-0.2, -0.15) is 0 Å². The molecule has 46 heavy (non-hydrogen) atoms. The van der Waals surface area contributed by atoms with Crippen molar-refractivity contribution in [3.8, 4) is 34.5 Å². The number of benzene rings is 3. The molecule has 1 unspecified atom stereocenters. The number of rotatable bonds is 9. The molecule has 0 heterocycles. The highest BCUT2D eigenvalue weighted by molar-refractivity contribution is 5.82. The first-order chi connectivity index (χ1) is 21.4. The number of halogens is 1. The van der Waals surface area contributed by atoms with Crippen LogP contribution in [0.3, 0.4) is 0 Å². The molecule has 0 aromatic heterocycles. The second-order valence-electron chi connectivity index (χ2n) is 10.6. The Morgan fingerprint density at radius 3 is 1.59 bits per heavy atom. The summed E-state index contributed by atoms with van der Waals surface area (Å²) in [7, 11) is 8.38. The van der Waals surface area contributed by atoms with Gasteiger partial charge in [-0.15, -0.1) is 0 Å². The van der Waals surface area contributed by atoms with Gasteiger partial charge in [0.15, 0.2) is 34.5 Å². The molecule has 0 aliphatic heterocycles. The lowest BCUT2D eigenvalue weighted by molar-refractivity contribution is -0.131. The van der Waals surface area contributed by atoms with E-state index in [0.29, 0.717) is 18.4 Å². The highest BCUT2D eigenvalue weighted by atomic mass is 19.1. The maximum atomic E-state index is 13.0. The predicted molar refractivity (Wildman–Crippen MR) is 169 cm³/mol. The van der Waals surface area contributed by atoms with Gasteiger partial charge in [0, 0.05) is 46.4 Å². The largest absolute Gasteiger partial charge is 0.504 e. The monoisotopic (exact) mass is 649 g/mol. The number of amides is 2. The number of aliphatic hydroxyl groups is 1. The predicted octanol–water partition coefficient (Wildman–Crippen LogP) is 0.601. The zero-order chi connectivity index (χ0) is 35.3. The number of carbonyl (C=O) groups excluding carboxylic acids is 2. The summed E-state index contributed by atoms with van der Waals surface area (Å²) in [5, 5.41) is 66.9.